The minimum absolute atomic E-state index is 0.0106. The van der Waals surface area contributed by atoms with Gasteiger partial charge in [-0.3, -0.25) is 0 Å². The second-order valence-electron chi connectivity index (χ2n) is 5.04. The normalized spacial score (nSPS) is 39.2. The van der Waals surface area contributed by atoms with Crippen molar-refractivity contribution in [1.82, 2.24) is 0 Å². The lowest BCUT2D eigenvalue weighted by Crippen LogP contribution is -2.42. The highest BCUT2D eigenvalue weighted by atomic mass is 79.9. The second-order valence-corrected chi connectivity index (χ2v) is 6.33. The molecular weight excluding hydrogens is 284 g/mol. The Morgan fingerprint density at radius 3 is 2.35 bits per heavy atom. The number of hydrogen-bond acceptors (Lipinski definition) is 3. The zero-order valence-corrected chi connectivity index (χ0v) is 12.2. The smallest absolute Gasteiger partial charge is 0.160 e. The zero-order chi connectivity index (χ0) is 12.1. The number of hydrogen-bond donors (Lipinski definition) is 0. The second kappa shape index (κ2) is 7.07. The van der Waals surface area contributed by atoms with E-state index in [0.29, 0.717) is 24.0 Å². The van der Waals surface area contributed by atoms with E-state index >= 15 is 0 Å². The molecule has 0 aromatic rings. The molecule has 0 aromatic carbocycles. The van der Waals surface area contributed by atoms with Crippen LogP contribution in [0.15, 0.2) is 0 Å². The first-order valence-corrected chi connectivity index (χ1v) is 7.70. The monoisotopic (exact) mass is 306 g/mol. The fraction of sp³-hybridized carbons (Fsp3) is 1.00. The van der Waals surface area contributed by atoms with Crippen LogP contribution >= 0.6 is 15.9 Å². The molecule has 2 aliphatic rings. The highest BCUT2D eigenvalue weighted by Crippen LogP contribution is 2.33. The Balaban J connectivity index is 1.68. The van der Waals surface area contributed by atoms with E-state index in [9.17, 15) is 0 Å². The van der Waals surface area contributed by atoms with Crippen LogP contribution in [0.3, 0.4) is 0 Å². The Morgan fingerprint density at radius 1 is 1.12 bits per heavy atom. The molecule has 1 saturated heterocycles. The predicted octanol–water partition coefficient (Wildman–Crippen LogP) is 3.11. The summed E-state index contributed by atoms with van der Waals surface area (Å²) in [5.74, 6) is 0.580. The molecule has 1 aliphatic carbocycles. The fourth-order valence-electron chi connectivity index (χ4n) is 2.50. The van der Waals surface area contributed by atoms with Crippen LogP contribution in [-0.2, 0) is 14.2 Å². The van der Waals surface area contributed by atoms with Crippen molar-refractivity contribution in [1.29, 1.82) is 0 Å². The van der Waals surface area contributed by atoms with Crippen molar-refractivity contribution in [2.45, 2.75) is 56.2 Å². The molecule has 0 N–H and O–H groups in total. The summed E-state index contributed by atoms with van der Waals surface area (Å²) in [5, 5.41) is 0. The molecule has 0 unspecified atom stereocenters. The molecule has 3 nitrogen and oxygen atoms in total. The average Bonchev–Trinajstić information content (AvgIpc) is 2.38. The average molecular weight is 307 g/mol. The van der Waals surface area contributed by atoms with Gasteiger partial charge in [-0.25, -0.2) is 0 Å². The lowest BCUT2D eigenvalue weighted by Gasteiger charge is -2.36. The standard InChI is InChI=1S/C13H23BrO3/c1-2-7-15-12-8-16-13(17-9-12)10-3-5-11(14)6-4-10/h10-13H,2-9H2,1H3/t10-,11-,12-,13-. The Morgan fingerprint density at radius 2 is 1.76 bits per heavy atom. The van der Waals surface area contributed by atoms with Gasteiger partial charge in [0.25, 0.3) is 0 Å². The molecule has 0 aromatic heterocycles. The van der Waals surface area contributed by atoms with Gasteiger partial charge >= 0.3 is 0 Å². The topological polar surface area (TPSA) is 27.7 Å². The lowest BCUT2D eigenvalue weighted by atomic mass is 9.88. The van der Waals surface area contributed by atoms with E-state index in [1.807, 2.05) is 0 Å². The third-order valence-corrected chi connectivity index (χ3v) is 4.45. The highest BCUT2D eigenvalue weighted by Gasteiger charge is 2.32. The van der Waals surface area contributed by atoms with E-state index in [2.05, 4.69) is 22.9 Å². The van der Waals surface area contributed by atoms with Gasteiger partial charge in [0.2, 0.25) is 0 Å². The van der Waals surface area contributed by atoms with Crippen molar-refractivity contribution in [3.63, 3.8) is 0 Å². The molecular formula is C13H23BrO3. The van der Waals surface area contributed by atoms with Gasteiger partial charge in [-0.15, -0.1) is 0 Å². The molecule has 4 heteroatoms. The van der Waals surface area contributed by atoms with Crippen LogP contribution in [-0.4, -0.2) is 37.0 Å². The van der Waals surface area contributed by atoms with Gasteiger partial charge in [-0.1, -0.05) is 22.9 Å². The van der Waals surface area contributed by atoms with Gasteiger partial charge in [0.1, 0.15) is 6.10 Å². The zero-order valence-electron chi connectivity index (χ0n) is 10.6. The van der Waals surface area contributed by atoms with Crippen molar-refractivity contribution in [3.05, 3.63) is 0 Å². The van der Waals surface area contributed by atoms with Crippen LogP contribution < -0.4 is 0 Å². The fourth-order valence-corrected chi connectivity index (χ4v) is 3.03. The molecule has 2 rings (SSSR count). The number of alkyl halides is 1. The molecule has 0 atom stereocenters. The lowest BCUT2D eigenvalue weighted by molar-refractivity contribution is -0.248. The summed E-state index contributed by atoms with van der Waals surface area (Å²) >= 11 is 3.68. The minimum Gasteiger partial charge on any atom is -0.373 e. The van der Waals surface area contributed by atoms with Gasteiger partial charge in [0.15, 0.2) is 6.29 Å². The SMILES string of the molecule is CCCO[C@H]1CO[C@H]([C@H]2CC[C@H](Br)CC2)OC1. The van der Waals surface area contributed by atoms with Crippen LogP contribution in [0.2, 0.25) is 0 Å². The maximum atomic E-state index is 5.80. The van der Waals surface area contributed by atoms with E-state index in [-0.39, 0.29) is 12.4 Å². The molecule has 0 bridgehead atoms. The van der Waals surface area contributed by atoms with Gasteiger partial charge in [-0.05, 0) is 32.1 Å². The Hall–Kier alpha value is 0.360. The number of ether oxygens (including phenoxy) is 3. The molecule has 1 heterocycles. The van der Waals surface area contributed by atoms with Crippen LogP contribution in [0.1, 0.15) is 39.0 Å². The third-order valence-electron chi connectivity index (χ3n) is 3.54. The molecule has 2 fully saturated rings. The van der Waals surface area contributed by atoms with Gasteiger partial charge in [0.05, 0.1) is 13.2 Å². The van der Waals surface area contributed by atoms with E-state index in [0.717, 1.165) is 13.0 Å². The number of halogens is 1. The largest absolute Gasteiger partial charge is 0.373 e. The van der Waals surface area contributed by atoms with E-state index in [1.165, 1.54) is 25.7 Å². The Bertz CT molecular complexity index is 209. The van der Waals surface area contributed by atoms with Crippen molar-refractivity contribution in [2.75, 3.05) is 19.8 Å². The Kier molecular flexibility index (Phi) is 5.74. The third kappa shape index (κ3) is 4.19. The quantitative estimate of drug-likeness (QED) is 0.747. The van der Waals surface area contributed by atoms with Crippen molar-refractivity contribution < 1.29 is 14.2 Å². The molecule has 0 radical (unpaired) electrons. The molecule has 17 heavy (non-hydrogen) atoms. The first-order valence-electron chi connectivity index (χ1n) is 6.78. The summed E-state index contributed by atoms with van der Waals surface area (Å²) in [6.45, 7) is 4.31. The first-order chi connectivity index (χ1) is 8.29. The van der Waals surface area contributed by atoms with Crippen molar-refractivity contribution in [3.8, 4) is 0 Å². The van der Waals surface area contributed by atoms with Crippen molar-refractivity contribution in [2.24, 2.45) is 5.92 Å². The highest BCUT2D eigenvalue weighted by molar-refractivity contribution is 9.09. The maximum Gasteiger partial charge on any atom is 0.160 e. The van der Waals surface area contributed by atoms with E-state index in [4.69, 9.17) is 14.2 Å². The van der Waals surface area contributed by atoms with Gasteiger partial charge in [-0.2, -0.15) is 0 Å². The van der Waals surface area contributed by atoms with Crippen LogP contribution in [0, 0.1) is 5.92 Å². The van der Waals surface area contributed by atoms with Gasteiger partial charge < -0.3 is 14.2 Å². The number of rotatable bonds is 4. The predicted molar refractivity (Wildman–Crippen MR) is 70.4 cm³/mol. The minimum atomic E-state index is 0.0106. The maximum absolute atomic E-state index is 5.80. The summed E-state index contributed by atoms with van der Waals surface area (Å²) in [7, 11) is 0. The summed E-state index contributed by atoms with van der Waals surface area (Å²) < 4.78 is 17.2. The summed E-state index contributed by atoms with van der Waals surface area (Å²) in [4.78, 5) is 0.697. The van der Waals surface area contributed by atoms with E-state index in [1.54, 1.807) is 0 Å². The molecule has 1 aliphatic heterocycles. The van der Waals surface area contributed by atoms with Crippen molar-refractivity contribution >= 4 is 15.9 Å². The van der Waals surface area contributed by atoms with Crippen LogP contribution in [0.4, 0.5) is 0 Å². The first kappa shape index (κ1) is 13.8. The summed E-state index contributed by atoms with van der Waals surface area (Å²) in [6, 6.07) is 0. The Labute approximate surface area is 112 Å². The van der Waals surface area contributed by atoms with Gasteiger partial charge in [0, 0.05) is 17.4 Å². The molecule has 100 valence electrons. The summed E-state index contributed by atoms with van der Waals surface area (Å²) in [5.41, 5.74) is 0. The molecule has 1 saturated carbocycles. The molecule has 0 amide bonds. The summed E-state index contributed by atoms with van der Waals surface area (Å²) in [6.07, 6.45) is 6.10. The van der Waals surface area contributed by atoms with E-state index < -0.39 is 0 Å². The molecule has 0 spiro atoms. The van der Waals surface area contributed by atoms with Crippen LogP contribution in [0.5, 0.6) is 0 Å². The van der Waals surface area contributed by atoms with Crippen LogP contribution in [0.25, 0.3) is 0 Å².